The van der Waals surface area contributed by atoms with E-state index in [9.17, 15) is 0 Å². The van der Waals surface area contributed by atoms with E-state index < -0.39 is 0 Å². The average molecular weight is 266 g/mol. The van der Waals surface area contributed by atoms with Gasteiger partial charge in [0.25, 0.3) is 0 Å². The van der Waals surface area contributed by atoms with Gasteiger partial charge in [-0.25, -0.2) is 0 Å². The Balaban J connectivity index is 1.93. The van der Waals surface area contributed by atoms with Gasteiger partial charge in [0.2, 0.25) is 0 Å². The van der Waals surface area contributed by atoms with Crippen LogP contribution in [-0.2, 0) is 6.42 Å². The van der Waals surface area contributed by atoms with E-state index in [0.29, 0.717) is 0 Å². The van der Waals surface area contributed by atoms with Gasteiger partial charge in [-0.2, -0.15) is 0 Å². The standard InChI is InChI=1S/C14H20ClN3/c1-16-6-4-2-3-5-11-9-12(15)14-13(10-11)17-7-8-18-14/h8-10,16-17H,2-7H2,1H3. The van der Waals surface area contributed by atoms with Crippen molar-refractivity contribution in [2.75, 3.05) is 25.5 Å². The molecule has 2 N–H and O–H groups in total. The summed E-state index contributed by atoms with van der Waals surface area (Å²) in [6, 6.07) is 4.22. The first-order valence-electron chi connectivity index (χ1n) is 6.54. The Bertz CT molecular complexity index is 429. The first-order chi connectivity index (χ1) is 8.81. The number of unbranched alkanes of at least 4 members (excludes halogenated alkanes) is 2. The Morgan fingerprint density at radius 3 is 3.06 bits per heavy atom. The van der Waals surface area contributed by atoms with Crippen LogP contribution in [0.25, 0.3) is 0 Å². The molecule has 0 atom stereocenters. The summed E-state index contributed by atoms with van der Waals surface area (Å²) in [6.07, 6.45) is 6.63. The molecule has 0 amide bonds. The molecule has 18 heavy (non-hydrogen) atoms. The van der Waals surface area contributed by atoms with E-state index in [1.165, 1.54) is 24.8 Å². The van der Waals surface area contributed by atoms with Crippen LogP contribution in [0.15, 0.2) is 17.1 Å². The van der Waals surface area contributed by atoms with E-state index >= 15 is 0 Å². The van der Waals surface area contributed by atoms with Crippen molar-refractivity contribution in [1.82, 2.24) is 5.32 Å². The normalized spacial score (nSPS) is 13.2. The molecule has 0 aromatic heterocycles. The van der Waals surface area contributed by atoms with Crippen LogP contribution in [0.1, 0.15) is 24.8 Å². The molecule has 1 aliphatic heterocycles. The SMILES string of the molecule is CNCCCCCc1cc(Cl)c2c(c1)NCC=N2. The van der Waals surface area contributed by atoms with E-state index in [1.54, 1.807) is 0 Å². The molecule has 0 radical (unpaired) electrons. The van der Waals surface area contributed by atoms with Gasteiger partial charge >= 0.3 is 0 Å². The minimum Gasteiger partial charge on any atom is -0.378 e. The molecule has 0 bridgehead atoms. The summed E-state index contributed by atoms with van der Waals surface area (Å²) in [5.41, 5.74) is 3.24. The molecule has 0 unspecified atom stereocenters. The van der Waals surface area contributed by atoms with Gasteiger partial charge in [0.1, 0.15) is 5.69 Å². The maximum atomic E-state index is 6.25. The number of fused-ring (bicyclic) bond motifs is 1. The number of nitrogens with one attached hydrogen (secondary N) is 2. The van der Waals surface area contributed by atoms with E-state index in [2.05, 4.69) is 21.7 Å². The molecule has 1 aromatic rings. The molecule has 98 valence electrons. The van der Waals surface area contributed by atoms with Crippen LogP contribution in [-0.4, -0.2) is 26.4 Å². The van der Waals surface area contributed by atoms with Gasteiger partial charge in [-0.1, -0.05) is 18.0 Å². The number of hydrogen-bond donors (Lipinski definition) is 2. The van der Waals surface area contributed by atoms with Crippen LogP contribution < -0.4 is 10.6 Å². The predicted molar refractivity (Wildman–Crippen MR) is 79.6 cm³/mol. The molecule has 0 aliphatic carbocycles. The second kappa shape index (κ2) is 6.76. The topological polar surface area (TPSA) is 36.4 Å². The zero-order chi connectivity index (χ0) is 12.8. The zero-order valence-electron chi connectivity index (χ0n) is 10.8. The second-order valence-corrected chi connectivity index (χ2v) is 4.99. The lowest BCUT2D eigenvalue weighted by Crippen LogP contribution is -2.08. The lowest BCUT2D eigenvalue weighted by molar-refractivity contribution is 0.642. The Morgan fingerprint density at radius 2 is 2.22 bits per heavy atom. The molecular formula is C14H20ClN3. The van der Waals surface area contributed by atoms with Crippen molar-refractivity contribution in [3.8, 4) is 0 Å². The Kier molecular flexibility index (Phi) is 5.02. The van der Waals surface area contributed by atoms with Gasteiger partial charge in [-0.05, 0) is 50.6 Å². The van der Waals surface area contributed by atoms with Gasteiger partial charge in [0.15, 0.2) is 0 Å². The number of benzene rings is 1. The van der Waals surface area contributed by atoms with E-state index in [4.69, 9.17) is 11.6 Å². The van der Waals surface area contributed by atoms with Gasteiger partial charge in [0.05, 0.1) is 17.3 Å². The van der Waals surface area contributed by atoms with Crippen LogP contribution in [0.2, 0.25) is 5.02 Å². The van der Waals surface area contributed by atoms with Crippen LogP contribution >= 0.6 is 11.6 Å². The quantitative estimate of drug-likeness (QED) is 0.774. The number of nitrogens with zero attached hydrogens (tertiary/aromatic N) is 1. The first-order valence-corrected chi connectivity index (χ1v) is 6.92. The molecule has 1 heterocycles. The predicted octanol–water partition coefficient (Wildman–Crippen LogP) is 3.40. The fraction of sp³-hybridized carbons (Fsp3) is 0.500. The molecular weight excluding hydrogens is 246 g/mol. The molecule has 4 heteroatoms. The fourth-order valence-electron chi connectivity index (χ4n) is 2.17. The third kappa shape index (κ3) is 3.47. The van der Waals surface area contributed by atoms with Crippen molar-refractivity contribution in [2.24, 2.45) is 4.99 Å². The first kappa shape index (κ1) is 13.4. The number of aliphatic imine (C=N–C) groups is 1. The summed E-state index contributed by atoms with van der Waals surface area (Å²) in [6.45, 7) is 1.89. The maximum Gasteiger partial charge on any atom is 0.104 e. The van der Waals surface area contributed by atoms with Crippen LogP contribution in [0.5, 0.6) is 0 Å². The van der Waals surface area contributed by atoms with Crippen molar-refractivity contribution in [3.05, 3.63) is 22.7 Å². The number of halogens is 1. The largest absolute Gasteiger partial charge is 0.378 e. The Labute approximate surface area is 114 Å². The van der Waals surface area contributed by atoms with Crippen molar-refractivity contribution in [2.45, 2.75) is 25.7 Å². The third-order valence-electron chi connectivity index (χ3n) is 3.12. The summed E-state index contributed by atoms with van der Waals surface area (Å²) < 4.78 is 0. The molecule has 0 saturated heterocycles. The average Bonchev–Trinajstić information content (AvgIpc) is 2.39. The molecule has 1 aliphatic rings. The molecule has 2 rings (SSSR count). The fourth-order valence-corrected chi connectivity index (χ4v) is 2.46. The summed E-state index contributed by atoms with van der Waals surface area (Å²) in [7, 11) is 2.00. The highest BCUT2D eigenvalue weighted by Gasteiger charge is 2.10. The molecule has 0 fully saturated rings. The van der Waals surface area contributed by atoms with Crippen LogP contribution in [0.3, 0.4) is 0 Å². The summed E-state index contributed by atoms with van der Waals surface area (Å²) in [5.74, 6) is 0. The smallest absolute Gasteiger partial charge is 0.104 e. The Morgan fingerprint density at radius 1 is 1.33 bits per heavy atom. The van der Waals surface area contributed by atoms with Gasteiger partial charge < -0.3 is 10.6 Å². The van der Waals surface area contributed by atoms with Crippen molar-refractivity contribution in [3.63, 3.8) is 0 Å². The zero-order valence-corrected chi connectivity index (χ0v) is 11.6. The molecule has 3 nitrogen and oxygen atoms in total. The Hall–Kier alpha value is -1.06. The van der Waals surface area contributed by atoms with E-state index in [0.717, 1.165) is 35.9 Å². The monoisotopic (exact) mass is 265 g/mol. The molecule has 0 spiro atoms. The number of aryl methyl sites for hydroxylation is 1. The van der Waals surface area contributed by atoms with Gasteiger partial charge in [0, 0.05) is 6.21 Å². The molecule has 1 aromatic carbocycles. The van der Waals surface area contributed by atoms with Crippen molar-refractivity contribution in [1.29, 1.82) is 0 Å². The number of rotatable bonds is 6. The minimum atomic E-state index is 0.751. The summed E-state index contributed by atoms with van der Waals surface area (Å²) in [5, 5.41) is 7.23. The second-order valence-electron chi connectivity index (χ2n) is 4.58. The van der Waals surface area contributed by atoms with Crippen LogP contribution in [0.4, 0.5) is 11.4 Å². The van der Waals surface area contributed by atoms with Crippen LogP contribution in [0, 0.1) is 0 Å². The lowest BCUT2D eigenvalue weighted by atomic mass is 10.0. The van der Waals surface area contributed by atoms with E-state index in [1.807, 2.05) is 19.3 Å². The molecule has 0 saturated carbocycles. The lowest BCUT2D eigenvalue weighted by Gasteiger charge is -2.15. The highest BCUT2D eigenvalue weighted by atomic mass is 35.5. The highest BCUT2D eigenvalue weighted by molar-refractivity contribution is 6.34. The van der Waals surface area contributed by atoms with Crippen molar-refractivity contribution >= 4 is 29.2 Å². The summed E-state index contributed by atoms with van der Waals surface area (Å²) in [4.78, 5) is 4.33. The van der Waals surface area contributed by atoms with E-state index in [-0.39, 0.29) is 0 Å². The minimum absolute atomic E-state index is 0.751. The maximum absolute atomic E-state index is 6.25. The van der Waals surface area contributed by atoms with Gasteiger partial charge in [-0.3, -0.25) is 4.99 Å². The summed E-state index contributed by atoms with van der Waals surface area (Å²) >= 11 is 6.25. The van der Waals surface area contributed by atoms with Crippen molar-refractivity contribution < 1.29 is 0 Å². The number of anilines is 1. The van der Waals surface area contributed by atoms with Gasteiger partial charge in [-0.15, -0.1) is 0 Å². The third-order valence-corrected chi connectivity index (χ3v) is 3.41. The highest BCUT2D eigenvalue weighted by Crippen LogP contribution is 2.36. The number of hydrogen-bond acceptors (Lipinski definition) is 3.